The summed E-state index contributed by atoms with van der Waals surface area (Å²) in [6, 6.07) is 2.47. The lowest BCUT2D eigenvalue weighted by atomic mass is 9.48. The minimum absolute atomic E-state index is 0.0156. The highest BCUT2D eigenvalue weighted by Gasteiger charge is 2.52. The monoisotopic (exact) mass is 289 g/mol. The fraction of sp³-hybridized carbons (Fsp3) is 0.882. The normalized spacial score (nSPS) is 38.0. The highest BCUT2D eigenvalue weighted by Crippen LogP contribution is 2.61. The highest BCUT2D eigenvalue weighted by molar-refractivity contribution is 5.78. The number of carbonyl (C=O) groups is 1. The van der Waals surface area contributed by atoms with Crippen molar-refractivity contribution in [2.75, 3.05) is 13.1 Å². The van der Waals surface area contributed by atoms with Gasteiger partial charge in [0.25, 0.3) is 0 Å². The van der Waals surface area contributed by atoms with E-state index in [1.165, 1.54) is 38.5 Å². The average Bonchev–Trinajstić information content (AvgIpc) is 2.43. The zero-order valence-electron chi connectivity index (χ0n) is 13.0. The molecule has 0 aromatic rings. The molecule has 1 amide bonds. The molecule has 4 bridgehead atoms. The first kappa shape index (κ1) is 14.8. The minimum atomic E-state index is 0.0156. The summed E-state index contributed by atoms with van der Waals surface area (Å²) in [7, 11) is 0. The van der Waals surface area contributed by atoms with Crippen molar-refractivity contribution in [2.24, 2.45) is 23.2 Å². The Morgan fingerprint density at radius 3 is 2.33 bits per heavy atom. The van der Waals surface area contributed by atoms with Gasteiger partial charge in [0.15, 0.2) is 0 Å². The van der Waals surface area contributed by atoms with E-state index in [1.54, 1.807) is 0 Å². The van der Waals surface area contributed by atoms with Gasteiger partial charge in [-0.2, -0.15) is 5.26 Å². The smallest absolute Gasteiger partial charge is 0.233 e. The third-order valence-electron chi connectivity index (χ3n) is 6.13. The molecule has 4 fully saturated rings. The molecule has 1 unspecified atom stereocenters. The average molecular weight is 289 g/mol. The predicted molar refractivity (Wildman–Crippen MR) is 81.3 cm³/mol. The van der Waals surface area contributed by atoms with E-state index in [9.17, 15) is 4.79 Å². The number of amides is 1. The van der Waals surface area contributed by atoms with E-state index in [0.29, 0.717) is 31.0 Å². The Hall–Kier alpha value is -1.08. The second kappa shape index (κ2) is 5.96. The molecule has 0 aromatic carbocycles. The van der Waals surface area contributed by atoms with E-state index >= 15 is 0 Å². The Bertz CT molecular complexity index is 405. The van der Waals surface area contributed by atoms with E-state index < -0.39 is 0 Å². The molecule has 4 aliphatic rings. The third kappa shape index (κ3) is 3.08. The molecule has 1 atom stereocenters. The summed E-state index contributed by atoms with van der Waals surface area (Å²) in [6.45, 7) is 3.12. The zero-order chi connectivity index (χ0) is 14.9. The summed E-state index contributed by atoms with van der Waals surface area (Å²) in [5.41, 5.74) is 0.446. The molecule has 4 rings (SSSR count). The lowest BCUT2D eigenvalue weighted by molar-refractivity contribution is -0.121. The van der Waals surface area contributed by atoms with Crippen LogP contribution in [-0.2, 0) is 4.79 Å². The maximum atomic E-state index is 11.8. The Balaban J connectivity index is 1.50. The molecule has 4 saturated carbocycles. The van der Waals surface area contributed by atoms with Crippen molar-refractivity contribution in [2.45, 2.75) is 57.9 Å². The molecule has 0 aromatic heterocycles. The van der Waals surface area contributed by atoms with Crippen LogP contribution < -0.4 is 10.6 Å². The van der Waals surface area contributed by atoms with Crippen LogP contribution in [0.5, 0.6) is 0 Å². The van der Waals surface area contributed by atoms with Gasteiger partial charge in [0.2, 0.25) is 5.91 Å². The molecule has 2 N–H and O–H groups in total. The first-order valence-corrected chi connectivity index (χ1v) is 8.48. The van der Waals surface area contributed by atoms with Crippen LogP contribution in [0.15, 0.2) is 0 Å². The topological polar surface area (TPSA) is 64.9 Å². The maximum Gasteiger partial charge on any atom is 0.233 e. The van der Waals surface area contributed by atoms with Crippen LogP contribution in [0.25, 0.3) is 0 Å². The van der Waals surface area contributed by atoms with Crippen molar-refractivity contribution in [3.8, 4) is 6.07 Å². The molecule has 0 aliphatic heterocycles. The van der Waals surface area contributed by atoms with Gasteiger partial charge in [-0.1, -0.05) is 0 Å². The summed E-state index contributed by atoms with van der Waals surface area (Å²) in [5, 5.41) is 14.7. The van der Waals surface area contributed by atoms with Crippen molar-refractivity contribution in [1.29, 1.82) is 5.26 Å². The van der Waals surface area contributed by atoms with Gasteiger partial charge in [-0.05, 0) is 68.6 Å². The van der Waals surface area contributed by atoms with Gasteiger partial charge in [-0.3, -0.25) is 4.79 Å². The predicted octanol–water partition coefficient (Wildman–Crippen LogP) is 2.21. The number of rotatable bonds is 6. The van der Waals surface area contributed by atoms with Crippen molar-refractivity contribution in [1.82, 2.24) is 10.6 Å². The summed E-state index contributed by atoms with van der Waals surface area (Å²) in [5.74, 6) is 2.86. The quantitative estimate of drug-likeness (QED) is 0.737. The number of nitrogens with zero attached hydrogens (tertiary/aromatic N) is 1. The van der Waals surface area contributed by atoms with Gasteiger partial charge in [-0.25, -0.2) is 0 Å². The molecular weight excluding hydrogens is 262 g/mol. The third-order valence-corrected chi connectivity index (χ3v) is 6.13. The van der Waals surface area contributed by atoms with Crippen molar-refractivity contribution < 1.29 is 4.79 Å². The molecule has 4 nitrogen and oxygen atoms in total. The van der Waals surface area contributed by atoms with Gasteiger partial charge in [0, 0.05) is 12.6 Å². The SMILES string of the molecule is CC(NCC(=O)NCCC#N)C12CC3CC(CC(C3)C1)C2. The fourth-order valence-electron chi connectivity index (χ4n) is 5.49. The summed E-state index contributed by atoms with van der Waals surface area (Å²) in [4.78, 5) is 11.8. The molecule has 0 spiro atoms. The summed E-state index contributed by atoms with van der Waals surface area (Å²) in [6.07, 6.45) is 8.85. The Kier molecular flexibility index (Phi) is 4.21. The van der Waals surface area contributed by atoms with Crippen LogP contribution in [0.3, 0.4) is 0 Å². The largest absolute Gasteiger partial charge is 0.354 e. The van der Waals surface area contributed by atoms with Crippen LogP contribution in [0.4, 0.5) is 0 Å². The highest BCUT2D eigenvalue weighted by atomic mass is 16.1. The molecule has 116 valence electrons. The molecule has 4 aliphatic carbocycles. The second-order valence-electron chi connectivity index (χ2n) is 7.64. The van der Waals surface area contributed by atoms with Crippen molar-refractivity contribution in [3.05, 3.63) is 0 Å². The number of hydrogen-bond acceptors (Lipinski definition) is 3. The lowest BCUT2D eigenvalue weighted by Crippen LogP contribution is -2.55. The van der Waals surface area contributed by atoms with Crippen LogP contribution >= 0.6 is 0 Å². The van der Waals surface area contributed by atoms with E-state index in [0.717, 1.165) is 17.8 Å². The molecule has 4 heteroatoms. The first-order chi connectivity index (χ1) is 10.1. The van der Waals surface area contributed by atoms with Gasteiger partial charge in [0.05, 0.1) is 19.0 Å². The Labute approximate surface area is 127 Å². The maximum absolute atomic E-state index is 11.8. The van der Waals surface area contributed by atoms with Gasteiger partial charge < -0.3 is 10.6 Å². The molecule has 21 heavy (non-hydrogen) atoms. The van der Waals surface area contributed by atoms with Crippen molar-refractivity contribution in [3.63, 3.8) is 0 Å². The number of hydrogen-bond donors (Lipinski definition) is 2. The zero-order valence-corrected chi connectivity index (χ0v) is 13.0. The van der Waals surface area contributed by atoms with Gasteiger partial charge >= 0.3 is 0 Å². The summed E-state index contributed by atoms with van der Waals surface area (Å²) >= 11 is 0. The van der Waals surface area contributed by atoms with E-state index in [4.69, 9.17) is 5.26 Å². The number of nitrogens with one attached hydrogen (secondary N) is 2. The number of nitriles is 1. The van der Waals surface area contributed by atoms with Crippen molar-refractivity contribution >= 4 is 5.91 Å². The number of carbonyl (C=O) groups excluding carboxylic acids is 1. The van der Waals surface area contributed by atoms with Crippen LogP contribution in [0.2, 0.25) is 0 Å². The van der Waals surface area contributed by atoms with E-state index in [-0.39, 0.29) is 5.91 Å². The van der Waals surface area contributed by atoms with Crippen LogP contribution in [0, 0.1) is 34.5 Å². The van der Waals surface area contributed by atoms with Crippen LogP contribution in [0.1, 0.15) is 51.9 Å². The Morgan fingerprint density at radius 1 is 1.24 bits per heavy atom. The van der Waals surface area contributed by atoms with E-state index in [1.807, 2.05) is 6.07 Å². The standard InChI is InChI=1S/C17H27N3O/c1-12(20-11-16(21)19-4-2-3-18)17-8-13-5-14(9-17)7-15(6-13)10-17/h12-15,20H,2,4-11H2,1H3,(H,19,21). The summed E-state index contributed by atoms with van der Waals surface area (Å²) < 4.78 is 0. The van der Waals surface area contributed by atoms with Crippen LogP contribution in [-0.4, -0.2) is 25.0 Å². The molecular formula is C17H27N3O. The fourth-order valence-corrected chi connectivity index (χ4v) is 5.49. The molecule has 0 radical (unpaired) electrons. The first-order valence-electron chi connectivity index (χ1n) is 8.48. The second-order valence-corrected chi connectivity index (χ2v) is 7.64. The minimum Gasteiger partial charge on any atom is -0.354 e. The molecule has 0 saturated heterocycles. The molecule has 0 heterocycles. The van der Waals surface area contributed by atoms with Gasteiger partial charge in [0.1, 0.15) is 0 Å². The lowest BCUT2D eigenvalue weighted by Gasteiger charge is -2.59. The Morgan fingerprint density at radius 2 is 1.81 bits per heavy atom. The van der Waals surface area contributed by atoms with E-state index in [2.05, 4.69) is 17.6 Å². The van der Waals surface area contributed by atoms with Gasteiger partial charge in [-0.15, -0.1) is 0 Å².